The summed E-state index contributed by atoms with van der Waals surface area (Å²) in [6.45, 7) is 13.1. The van der Waals surface area contributed by atoms with E-state index in [4.69, 9.17) is 19.5 Å². The quantitative estimate of drug-likeness (QED) is 0.392. The average molecular weight is 487 g/mol. The van der Waals surface area contributed by atoms with Crippen molar-refractivity contribution >= 4 is 23.8 Å². The maximum absolute atomic E-state index is 6.78. The first-order valence-corrected chi connectivity index (χ1v) is 13.0. The lowest BCUT2D eigenvalue weighted by atomic mass is 9.90. The summed E-state index contributed by atoms with van der Waals surface area (Å²) < 4.78 is 13.6. The molecule has 2 aliphatic heterocycles. The highest BCUT2D eigenvalue weighted by Crippen LogP contribution is 2.50. The summed E-state index contributed by atoms with van der Waals surface area (Å²) in [7, 11) is 0. The smallest absolute Gasteiger partial charge is 0.220 e. The molecule has 2 aromatic carbocycles. The fraction of sp³-hybridized carbons (Fsp3) is 0.400. The average Bonchev–Trinajstić information content (AvgIpc) is 3.58. The van der Waals surface area contributed by atoms with Crippen LogP contribution in [0.4, 0.5) is 0 Å². The minimum Gasteiger partial charge on any atom is -0.336 e. The van der Waals surface area contributed by atoms with E-state index in [0.29, 0.717) is 0 Å². The van der Waals surface area contributed by atoms with Gasteiger partial charge in [0.1, 0.15) is 12.2 Å². The van der Waals surface area contributed by atoms with E-state index in [-0.39, 0.29) is 23.0 Å². The zero-order valence-corrected chi connectivity index (χ0v) is 22.2. The summed E-state index contributed by atoms with van der Waals surface area (Å²) in [5.41, 5.74) is 0.147. The standard InChI is InChI=1S/C30H34N2O2S/c1-27(2,3)23-19-31-29(33-23,21-13-9-7-10-14-21)25-17-18-26(35-25)30(22-15-11-8-12-16-22)32-20-24(34-30)28(4,5)6/h7-20,23-24H,1-6H3. The molecular formula is C30H34N2O2S. The molecule has 4 nitrogen and oxygen atoms in total. The van der Waals surface area contributed by atoms with Gasteiger partial charge in [-0.2, -0.15) is 0 Å². The summed E-state index contributed by atoms with van der Waals surface area (Å²) in [4.78, 5) is 12.1. The lowest BCUT2D eigenvalue weighted by Crippen LogP contribution is -2.34. The van der Waals surface area contributed by atoms with E-state index in [2.05, 4.69) is 77.9 Å². The molecule has 4 unspecified atom stereocenters. The molecule has 0 spiro atoms. The van der Waals surface area contributed by atoms with Crippen molar-refractivity contribution in [1.29, 1.82) is 0 Å². The molecule has 0 fully saturated rings. The van der Waals surface area contributed by atoms with Crippen molar-refractivity contribution in [3.63, 3.8) is 0 Å². The lowest BCUT2D eigenvalue weighted by molar-refractivity contribution is -0.0551. The molecule has 3 aromatic rings. The van der Waals surface area contributed by atoms with Crippen LogP contribution in [0.15, 0.2) is 82.8 Å². The summed E-state index contributed by atoms with van der Waals surface area (Å²) in [5.74, 6) is 0. The Hall–Kier alpha value is -2.60. The van der Waals surface area contributed by atoms with Crippen molar-refractivity contribution in [3.8, 4) is 0 Å². The summed E-state index contributed by atoms with van der Waals surface area (Å²) in [5, 5.41) is 0. The molecule has 5 rings (SSSR count). The minimum atomic E-state index is -0.883. The highest BCUT2D eigenvalue weighted by molar-refractivity contribution is 7.12. The van der Waals surface area contributed by atoms with E-state index in [1.807, 2.05) is 48.8 Å². The first-order chi connectivity index (χ1) is 16.5. The molecule has 0 amide bonds. The second-order valence-electron chi connectivity index (χ2n) is 11.5. The Morgan fingerprint density at radius 2 is 0.971 bits per heavy atom. The topological polar surface area (TPSA) is 43.2 Å². The third-order valence-electron chi connectivity index (χ3n) is 6.69. The fourth-order valence-corrected chi connectivity index (χ4v) is 5.70. The van der Waals surface area contributed by atoms with Crippen LogP contribution in [-0.2, 0) is 20.9 Å². The number of aliphatic imine (C=N–C) groups is 2. The van der Waals surface area contributed by atoms with Gasteiger partial charge in [0.05, 0.1) is 9.75 Å². The van der Waals surface area contributed by atoms with Crippen LogP contribution in [0, 0.1) is 10.8 Å². The van der Waals surface area contributed by atoms with Crippen LogP contribution in [-0.4, -0.2) is 24.6 Å². The van der Waals surface area contributed by atoms with Gasteiger partial charge >= 0.3 is 0 Å². The van der Waals surface area contributed by atoms with Crippen molar-refractivity contribution in [2.24, 2.45) is 20.8 Å². The van der Waals surface area contributed by atoms with Crippen LogP contribution >= 0.6 is 11.3 Å². The number of nitrogens with zero attached hydrogens (tertiary/aromatic N) is 2. The molecule has 0 radical (unpaired) electrons. The molecule has 4 atom stereocenters. The third kappa shape index (κ3) is 4.20. The van der Waals surface area contributed by atoms with Crippen molar-refractivity contribution < 1.29 is 9.47 Å². The number of hydrogen-bond acceptors (Lipinski definition) is 5. The van der Waals surface area contributed by atoms with Gasteiger partial charge in [0.2, 0.25) is 11.4 Å². The Balaban J connectivity index is 1.61. The highest BCUT2D eigenvalue weighted by Gasteiger charge is 2.49. The van der Waals surface area contributed by atoms with Gasteiger partial charge in [0, 0.05) is 23.6 Å². The molecule has 0 saturated heterocycles. The zero-order chi connectivity index (χ0) is 24.9. The molecule has 182 valence electrons. The van der Waals surface area contributed by atoms with E-state index in [9.17, 15) is 0 Å². The van der Waals surface area contributed by atoms with E-state index in [1.54, 1.807) is 11.3 Å². The monoisotopic (exact) mass is 486 g/mol. The molecule has 0 N–H and O–H groups in total. The van der Waals surface area contributed by atoms with Gasteiger partial charge in [-0.05, 0) is 23.0 Å². The predicted octanol–water partition coefficient (Wildman–Crippen LogP) is 7.18. The van der Waals surface area contributed by atoms with Gasteiger partial charge in [-0.25, -0.2) is 0 Å². The molecule has 0 bridgehead atoms. The van der Waals surface area contributed by atoms with E-state index < -0.39 is 11.4 Å². The first-order valence-electron chi connectivity index (χ1n) is 12.2. The van der Waals surface area contributed by atoms with Crippen LogP contribution in [0.3, 0.4) is 0 Å². The Morgan fingerprint density at radius 1 is 0.600 bits per heavy atom. The van der Waals surface area contributed by atoms with Crippen LogP contribution in [0.2, 0.25) is 0 Å². The van der Waals surface area contributed by atoms with E-state index >= 15 is 0 Å². The van der Waals surface area contributed by atoms with E-state index in [1.165, 1.54) is 0 Å². The molecule has 2 aliphatic rings. The second-order valence-corrected chi connectivity index (χ2v) is 12.6. The maximum atomic E-state index is 6.78. The number of thiophene rings is 1. The maximum Gasteiger partial charge on any atom is 0.220 e. The molecule has 3 heterocycles. The third-order valence-corrected chi connectivity index (χ3v) is 7.96. The van der Waals surface area contributed by atoms with Gasteiger partial charge in [0.25, 0.3) is 0 Å². The molecule has 35 heavy (non-hydrogen) atoms. The number of benzene rings is 2. The second kappa shape index (κ2) is 8.51. The van der Waals surface area contributed by atoms with Crippen molar-refractivity contribution in [3.05, 3.63) is 93.7 Å². The Bertz CT molecular complexity index is 1140. The largest absolute Gasteiger partial charge is 0.336 e. The lowest BCUT2D eigenvalue weighted by Gasteiger charge is -2.33. The van der Waals surface area contributed by atoms with Crippen molar-refractivity contribution in [2.75, 3.05) is 0 Å². The van der Waals surface area contributed by atoms with Crippen LogP contribution in [0.5, 0.6) is 0 Å². The minimum absolute atomic E-state index is 0.0653. The van der Waals surface area contributed by atoms with Crippen LogP contribution in [0.25, 0.3) is 0 Å². The zero-order valence-electron chi connectivity index (χ0n) is 21.4. The summed E-state index contributed by atoms with van der Waals surface area (Å²) in [6, 6.07) is 24.8. The molecule has 0 aliphatic carbocycles. The van der Waals surface area contributed by atoms with Crippen LogP contribution < -0.4 is 0 Å². The highest BCUT2D eigenvalue weighted by atomic mass is 32.1. The van der Waals surface area contributed by atoms with Gasteiger partial charge in [-0.15, -0.1) is 11.3 Å². The first kappa shape index (κ1) is 24.1. The van der Waals surface area contributed by atoms with Gasteiger partial charge in [-0.1, -0.05) is 102 Å². The Labute approximate surface area is 212 Å². The van der Waals surface area contributed by atoms with Gasteiger partial charge < -0.3 is 9.47 Å². The van der Waals surface area contributed by atoms with Crippen molar-refractivity contribution in [2.45, 2.75) is 65.2 Å². The molecular weight excluding hydrogens is 452 g/mol. The van der Waals surface area contributed by atoms with Gasteiger partial charge in [0.15, 0.2) is 0 Å². The van der Waals surface area contributed by atoms with Crippen LogP contribution in [0.1, 0.15) is 62.4 Å². The Morgan fingerprint density at radius 3 is 1.29 bits per heavy atom. The normalized spacial score (nSPS) is 28.6. The number of rotatable bonds is 4. The molecule has 5 heteroatoms. The van der Waals surface area contributed by atoms with Crippen molar-refractivity contribution in [1.82, 2.24) is 0 Å². The SMILES string of the molecule is CC(C)(C)C1C=NC(c2ccccc2)(c2ccc(C3(c4ccccc4)N=CC(C(C)(C)C)O3)s2)O1. The summed E-state index contributed by atoms with van der Waals surface area (Å²) >= 11 is 1.66. The van der Waals surface area contributed by atoms with Gasteiger partial charge in [-0.3, -0.25) is 9.98 Å². The Kier molecular flexibility index (Phi) is 5.86. The summed E-state index contributed by atoms with van der Waals surface area (Å²) in [6.07, 6.45) is 3.75. The fourth-order valence-electron chi connectivity index (χ4n) is 4.48. The predicted molar refractivity (Wildman–Crippen MR) is 144 cm³/mol. The number of ether oxygens (including phenoxy) is 2. The molecule has 1 aromatic heterocycles. The molecule has 0 saturated carbocycles. The number of hydrogen-bond donors (Lipinski definition) is 0. The van der Waals surface area contributed by atoms with E-state index in [0.717, 1.165) is 20.9 Å².